The molecule has 4 atom stereocenters. The van der Waals surface area contributed by atoms with E-state index < -0.39 is 41.5 Å². The number of ketones is 1. The highest BCUT2D eigenvalue weighted by Crippen LogP contribution is 2.39. The zero-order valence-electron chi connectivity index (χ0n) is 25.7. The predicted octanol–water partition coefficient (Wildman–Crippen LogP) is 1.62. The van der Waals surface area contributed by atoms with E-state index in [1.165, 1.54) is 14.0 Å². The van der Waals surface area contributed by atoms with Crippen LogP contribution in [0.2, 0.25) is 0 Å². The molecule has 0 aromatic heterocycles. The zero-order chi connectivity index (χ0) is 31.9. The summed E-state index contributed by atoms with van der Waals surface area (Å²) in [5.41, 5.74) is -0.310. The second kappa shape index (κ2) is 14.7. The highest BCUT2D eigenvalue weighted by molar-refractivity contribution is 5.98. The minimum Gasteiger partial charge on any atom is -0.497 e. The van der Waals surface area contributed by atoms with Crippen molar-refractivity contribution in [3.63, 3.8) is 0 Å². The van der Waals surface area contributed by atoms with Crippen molar-refractivity contribution in [3.8, 4) is 5.75 Å². The fourth-order valence-corrected chi connectivity index (χ4v) is 5.61. The monoisotopic (exact) mass is 622 g/mol. The molecule has 1 aliphatic carbocycles. The first-order valence-corrected chi connectivity index (χ1v) is 15.3. The Morgan fingerprint density at radius 2 is 1.61 bits per heavy atom. The molecule has 3 aliphatic rings. The van der Waals surface area contributed by atoms with Crippen LogP contribution in [0.4, 0.5) is 8.78 Å². The van der Waals surface area contributed by atoms with Gasteiger partial charge in [0.2, 0.25) is 23.6 Å². The van der Waals surface area contributed by atoms with Crippen LogP contribution in [-0.2, 0) is 35.1 Å². The van der Waals surface area contributed by atoms with E-state index in [4.69, 9.17) is 14.2 Å². The largest absolute Gasteiger partial charge is 0.497 e. The molecule has 0 unspecified atom stereocenters. The van der Waals surface area contributed by atoms with E-state index in [1.807, 2.05) is 4.90 Å². The van der Waals surface area contributed by atoms with Crippen molar-refractivity contribution in [2.24, 2.45) is 5.92 Å². The van der Waals surface area contributed by atoms with E-state index in [-0.39, 0.29) is 69.3 Å². The molecule has 1 aromatic carbocycles. The SMILES string of the molecule is COc1ccc(C[C@H](NC(=O)[C@H](C)NC(=O)CN2CCOCC2)C(=O)N[C@@H](CC2CCC(F)(F)CC2)C(=O)[C@@]2(C)CO2)cc1. The number of nitrogens with zero attached hydrogens (tertiary/aromatic N) is 1. The number of hydrogen-bond donors (Lipinski definition) is 3. The molecule has 11 nitrogen and oxygen atoms in total. The van der Waals surface area contributed by atoms with E-state index in [9.17, 15) is 28.0 Å². The van der Waals surface area contributed by atoms with Gasteiger partial charge >= 0.3 is 0 Å². The lowest BCUT2D eigenvalue weighted by atomic mass is 9.81. The van der Waals surface area contributed by atoms with Gasteiger partial charge in [0.25, 0.3) is 0 Å². The topological polar surface area (TPSA) is 139 Å². The smallest absolute Gasteiger partial charge is 0.248 e. The average Bonchev–Trinajstić information content (AvgIpc) is 3.75. The van der Waals surface area contributed by atoms with E-state index in [1.54, 1.807) is 31.2 Å². The van der Waals surface area contributed by atoms with Crippen molar-refractivity contribution in [2.75, 3.05) is 46.6 Å². The first-order valence-electron chi connectivity index (χ1n) is 15.3. The van der Waals surface area contributed by atoms with Crippen LogP contribution in [0.3, 0.4) is 0 Å². The number of epoxide rings is 1. The molecular weight excluding hydrogens is 578 g/mol. The fourth-order valence-electron chi connectivity index (χ4n) is 5.61. The maximum atomic E-state index is 13.8. The molecule has 244 valence electrons. The Bertz CT molecular complexity index is 1160. The second-order valence-corrected chi connectivity index (χ2v) is 12.3. The second-order valence-electron chi connectivity index (χ2n) is 12.3. The Hall–Kier alpha value is -3.16. The van der Waals surface area contributed by atoms with Crippen LogP contribution >= 0.6 is 0 Å². The molecule has 0 radical (unpaired) electrons. The van der Waals surface area contributed by atoms with Crippen LogP contribution in [-0.4, -0.2) is 105 Å². The summed E-state index contributed by atoms with van der Waals surface area (Å²) < 4.78 is 43.4. The molecule has 1 aromatic rings. The van der Waals surface area contributed by atoms with Crippen molar-refractivity contribution >= 4 is 23.5 Å². The minimum atomic E-state index is -2.72. The highest BCUT2D eigenvalue weighted by atomic mass is 19.3. The quantitative estimate of drug-likeness (QED) is 0.266. The van der Waals surface area contributed by atoms with Crippen LogP contribution in [0.25, 0.3) is 0 Å². The first-order chi connectivity index (χ1) is 20.9. The number of halogens is 2. The molecule has 2 saturated heterocycles. The Kier molecular flexibility index (Phi) is 11.3. The molecule has 3 amide bonds. The molecular formula is C31H44F2N4O7. The number of nitrogens with one attached hydrogen (secondary N) is 3. The Morgan fingerprint density at radius 3 is 2.20 bits per heavy atom. The molecule has 3 N–H and O–H groups in total. The van der Waals surface area contributed by atoms with Gasteiger partial charge in [0.15, 0.2) is 5.78 Å². The summed E-state index contributed by atoms with van der Waals surface area (Å²) in [6.07, 6.45) is 0.282. The summed E-state index contributed by atoms with van der Waals surface area (Å²) in [5, 5.41) is 8.24. The summed E-state index contributed by atoms with van der Waals surface area (Å²) in [6, 6.07) is 4.01. The molecule has 2 aliphatic heterocycles. The van der Waals surface area contributed by atoms with Gasteiger partial charge in [-0.2, -0.15) is 0 Å². The fraction of sp³-hybridized carbons (Fsp3) is 0.677. The van der Waals surface area contributed by atoms with Crippen molar-refractivity contribution in [1.29, 1.82) is 0 Å². The Labute approximate surface area is 256 Å². The number of methoxy groups -OCH3 is 1. The van der Waals surface area contributed by atoms with Gasteiger partial charge in [-0.1, -0.05) is 12.1 Å². The van der Waals surface area contributed by atoms with Gasteiger partial charge in [-0.15, -0.1) is 0 Å². The number of morpholine rings is 1. The Balaban J connectivity index is 1.44. The summed E-state index contributed by atoms with van der Waals surface area (Å²) in [5.74, 6) is -4.06. The number of carbonyl (C=O) groups excluding carboxylic acids is 4. The molecule has 1 saturated carbocycles. The number of alkyl halides is 2. The van der Waals surface area contributed by atoms with Gasteiger partial charge < -0.3 is 30.2 Å². The first kappa shape index (κ1) is 33.7. The lowest BCUT2D eigenvalue weighted by Gasteiger charge is -2.32. The summed E-state index contributed by atoms with van der Waals surface area (Å²) in [4.78, 5) is 54.9. The highest BCUT2D eigenvalue weighted by Gasteiger charge is 2.51. The molecule has 0 bridgehead atoms. The third-order valence-corrected chi connectivity index (χ3v) is 8.61. The predicted molar refractivity (Wildman–Crippen MR) is 156 cm³/mol. The van der Waals surface area contributed by atoms with E-state index in [2.05, 4.69) is 16.0 Å². The van der Waals surface area contributed by atoms with Crippen LogP contribution in [0.5, 0.6) is 5.75 Å². The van der Waals surface area contributed by atoms with Crippen LogP contribution in [0.15, 0.2) is 24.3 Å². The normalized spacial score (nSPS) is 23.9. The van der Waals surface area contributed by atoms with Gasteiger partial charge in [0.05, 0.1) is 39.5 Å². The van der Waals surface area contributed by atoms with E-state index >= 15 is 0 Å². The third-order valence-electron chi connectivity index (χ3n) is 8.61. The zero-order valence-corrected chi connectivity index (χ0v) is 25.7. The van der Waals surface area contributed by atoms with Crippen LogP contribution < -0.4 is 20.7 Å². The van der Waals surface area contributed by atoms with E-state index in [0.29, 0.717) is 32.1 Å². The van der Waals surface area contributed by atoms with Gasteiger partial charge in [0.1, 0.15) is 23.4 Å². The number of hydrogen-bond acceptors (Lipinski definition) is 8. The number of carbonyl (C=O) groups is 4. The van der Waals surface area contributed by atoms with Gasteiger partial charge in [-0.3, -0.25) is 24.1 Å². The molecule has 4 rings (SSSR count). The van der Waals surface area contributed by atoms with Gasteiger partial charge in [0, 0.05) is 32.4 Å². The summed E-state index contributed by atoms with van der Waals surface area (Å²) in [7, 11) is 1.54. The van der Waals surface area contributed by atoms with Crippen molar-refractivity contribution in [2.45, 2.75) is 82.0 Å². The molecule has 44 heavy (non-hydrogen) atoms. The van der Waals surface area contributed by atoms with Crippen LogP contribution in [0, 0.1) is 5.92 Å². The van der Waals surface area contributed by atoms with Crippen molar-refractivity contribution in [1.82, 2.24) is 20.9 Å². The molecule has 2 heterocycles. The van der Waals surface area contributed by atoms with Crippen LogP contribution in [0.1, 0.15) is 51.5 Å². The number of ether oxygens (including phenoxy) is 3. The number of benzene rings is 1. The van der Waals surface area contributed by atoms with Gasteiger partial charge in [-0.25, -0.2) is 8.78 Å². The maximum Gasteiger partial charge on any atom is 0.248 e. The molecule has 3 fully saturated rings. The number of Topliss-reactive ketones (excluding diaryl/α,β-unsaturated/α-hetero) is 1. The maximum absolute atomic E-state index is 13.8. The van der Waals surface area contributed by atoms with Crippen molar-refractivity contribution < 1.29 is 42.2 Å². The minimum absolute atomic E-state index is 0.0976. The molecule has 13 heteroatoms. The number of rotatable bonds is 14. The number of amides is 3. The van der Waals surface area contributed by atoms with Crippen molar-refractivity contribution in [3.05, 3.63) is 29.8 Å². The molecule has 0 spiro atoms. The van der Waals surface area contributed by atoms with E-state index in [0.717, 1.165) is 5.56 Å². The van der Waals surface area contributed by atoms with Gasteiger partial charge in [-0.05, 0) is 56.7 Å². The lowest BCUT2D eigenvalue weighted by Crippen LogP contribution is -2.57. The lowest BCUT2D eigenvalue weighted by molar-refractivity contribution is -0.134. The summed E-state index contributed by atoms with van der Waals surface area (Å²) in [6.45, 7) is 5.81. The third kappa shape index (κ3) is 9.67. The standard InChI is InChI=1S/C31H44F2N4O7/c1-20(34-26(38)18-37-12-14-43-15-13-37)28(40)36-25(17-21-4-6-23(42-3)7-5-21)29(41)35-24(27(39)30(2)19-44-30)16-22-8-10-31(32,33)11-9-22/h4-7,20,22,24-25H,8-19H2,1-3H3,(H,34,38)(H,35,41)(H,36,40)/t20-,24-,25-,30+/m0/s1. The average molecular weight is 623 g/mol. The Morgan fingerprint density at radius 1 is 1.00 bits per heavy atom. The summed E-state index contributed by atoms with van der Waals surface area (Å²) >= 11 is 0.